The number of halogens is 1. The molecule has 7 nitrogen and oxygen atoms in total. The Morgan fingerprint density at radius 1 is 0.906 bits per heavy atom. The van der Waals surface area contributed by atoms with E-state index < -0.39 is 0 Å². The van der Waals surface area contributed by atoms with Crippen molar-refractivity contribution < 1.29 is 52.5 Å². The SMILES string of the molecule is CO[C](=[W])[C@@H]1[C@@H](c2ccc(Cl)cc2)[C@]1(CO)c1ccccc1.[C-]#[O+].[C-]#[O+].[C-]#[O+].[C-]#[O+].[C-]#[O+]. The van der Waals surface area contributed by atoms with Gasteiger partial charge in [-0.1, -0.05) is 0 Å². The first-order valence-electron chi connectivity index (χ1n) is 8.17. The van der Waals surface area contributed by atoms with Crippen molar-refractivity contribution in [1.82, 2.24) is 0 Å². The summed E-state index contributed by atoms with van der Waals surface area (Å²) in [4.78, 5) is 0. The molecule has 3 rings (SSSR count). The van der Waals surface area contributed by atoms with Crippen molar-refractivity contribution in [3.8, 4) is 0 Å². The summed E-state index contributed by atoms with van der Waals surface area (Å²) in [5.74, 6) is 0.436. The standard InChI is InChI=1S/C18H17ClO2.5CO.W/c1-21-11-16-17(13-7-9-15(19)10-8-13)18(16,12-20)14-5-3-2-4-6-14;5*1-2;/h2-10,16-17,20H,12H2,1H3;;;;;;/t16-,17-,18-;;;;;;/m1....../s1. The Hall–Kier alpha value is -2.09. The molecule has 0 amide bonds. The molecular formula is C23H17ClO7W. The first-order valence-corrected chi connectivity index (χ1v) is 10.0. The summed E-state index contributed by atoms with van der Waals surface area (Å²) < 4.78 is 44.1. The molecule has 0 aliphatic heterocycles. The van der Waals surface area contributed by atoms with Crippen LogP contribution in [-0.4, -0.2) is 22.9 Å². The quantitative estimate of drug-likeness (QED) is 0.405. The molecule has 0 aromatic heterocycles. The van der Waals surface area contributed by atoms with Gasteiger partial charge in [0.05, 0.1) is 0 Å². The third-order valence-corrected chi connectivity index (χ3v) is 6.35. The number of aliphatic hydroxyl groups is 1. The fourth-order valence-corrected chi connectivity index (χ4v) is 4.84. The van der Waals surface area contributed by atoms with Gasteiger partial charge >= 0.3 is 203 Å². The Balaban J connectivity index is -0.000000744. The summed E-state index contributed by atoms with van der Waals surface area (Å²) in [5, 5.41) is 11.0. The number of aliphatic hydroxyl groups excluding tert-OH is 1. The molecule has 0 saturated heterocycles. The summed E-state index contributed by atoms with van der Waals surface area (Å²) in [6.45, 7) is 22.6. The van der Waals surface area contributed by atoms with E-state index in [1.807, 2.05) is 30.3 Å². The van der Waals surface area contributed by atoms with Gasteiger partial charge in [0.15, 0.2) is 0 Å². The van der Waals surface area contributed by atoms with Gasteiger partial charge in [0.25, 0.3) is 0 Å². The molecular weight excluding hydrogens is 608 g/mol. The van der Waals surface area contributed by atoms with E-state index in [1.54, 1.807) is 7.11 Å². The van der Waals surface area contributed by atoms with Crippen LogP contribution in [0.2, 0.25) is 5.02 Å². The number of rotatable bonds is 5. The van der Waals surface area contributed by atoms with Gasteiger partial charge in [-0.05, 0) is 0 Å². The second-order valence-corrected chi connectivity index (χ2v) is 7.48. The molecule has 164 valence electrons. The molecule has 32 heavy (non-hydrogen) atoms. The molecule has 1 fully saturated rings. The van der Waals surface area contributed by atoms with Gasteiger partial charge in [-0.2, -0.15) is 0 Å². The van der Waals surface area contributed by atoms with Crippen molar-refractivity contribution in [1.29, 1.82) is 0 Å². The van der Waals surface area contributed by atoms with E-state index in [-0.39, 0.29) is 23.9 Å². The van der Waals surface area contributed by atoms with Crippen molar-refractivity contribution in [2.24, 2.45) is 5.92 Å². The molecule has 9 heteroatoms. The van der Waals surface area contributed by atoms with Crippen LogP contribution in [0.15, 0.2) is 54.6 Å². The van der Waals surface area contributed by atoms with Crippen molar-refractivity contribution in [3.63, 3.8) is 0 Å². The predicted octanol–water partition coefficient (Wildman–Crippen LogP) is 3.12. The zero-order valence-corrected chi connectivity index (χ0v) is 20.4. The van der Waals surface area contributed by atoms with Gasteiger partial charge in [-0.25, -0.2) is 0 Å². The Morgan fingerprint density at radius 3 is 1.72 bits per heavy atom. The van der Waals surface area contributed by atoms with Crippen LogP contribution in [0.5, 0.6) is 0 Å². The van der Waals surface area contributed by atoms with Gasteiger partial charge in [0.2, 0.25) is 0 Å². The fourth-order valence-electron chi connectivity index (χ4n) is 3.47. The van der Waals surface area contributed by atoms with Crippen molar-refractivity contribution in [2.75, 3.05) is 13.7 Å². The fraction of sp³-hybridized carbons (Fsp3) is 0.217. The van der Waals surface area contributed by atoms with Crippen LogP contribution < -0.4 is 0 Å². The number of methoxy groups -OCH3 is 1. The summed E-state index contributed by atoms with van der Waals surface area (Å²) in [5.41, 5.74) is 2.07. The molecule has 1 N–H and O–H groups in total. The van der Waals surface area contributed by atoms with E-state index in [0.717, 1.165) is 9.11 Å². The van der Waals surface area contributed by atoms with E-state index in [1.165, 1.54) is 30.5 Å². The second-order valence-electron chi connectivity index (χ2n) is 5.59. The molecule has 0 radical (unpaired) electrons. The van der Waals surface area contributed by atoms with E-state index >= 15 is 0 Å². The van der Waals surface area contributed by atoms with Crippen LogP contribution >= 0.6 is 11.6 Å². The number of hydrogen-bond acceptors (Lipinski definition) is 2. The number of benzene rings is 2. The summed E-state index contributed by atoms with van der Waals surface area (Å²) in [6, 6.07) is 18.2. The molecule has 1 aliphatic rings. The van der Waals surface area contributed by atoms with Crippen LogP contribution in [0.3, 0.4) is 0 Å². The van der Waals surface area contributed by atoms with Gasteiger partial charge in [-0.15, -0.1) is 0 Å². The van der Waals surface area contributed by atoms with Crippen LogP contribution in [0.1, 0.15) is 17.0 Å². The molecule has 1 saturated carbocycles. The molecule has 0 spiro atoms. The second kappa shape index (κ2) is 20.8. The first kappa shape index (κ1) is 34.5. The van der Waals surface area contributed by atoms with E-state index in [9.17, 15) is 5.11 Å². The Bertz CT molecular complexity index is 854. The van der Waals surface area contributed by atoms with Gasteiger partial charge < -0.3 is 0 Å². The zero-order valence-electron chi connectivity index (χ0n) is 16.7. The average molecular weight is 625 g/mol. The van der Waals surface area contributed by atoms with Gasteiger partial charge in [-0.3, -0.25) is 0 Å². The third kappa shape index (κ3) is 8.45. The minimum absolute atomic E-state index is 0.106. The van der Waals surface area contributed by atoms with Gasteiger partial charge in [0.1, 0.15) is 0 Å². The van der Waals surface area contributed by atoms with Crippen molar-refractivity contribution >= 4 is 15.7 Å². The first-order chi connectivity index (χ1) is 15.6. The molecule has 2 aromatic carbocycles. The molecule has 2 aromatic rings. The van der Waals surface area contributed by atoms with Crippen LogP contribution in [0.4, 0.5) is 0 Å². The van der Waals surface area contributed by atoms with Crippen LogP contribution in [0.25, 0.3) is 0 Å². The topological polar surface area (TPSA) is 129 Å². The summed E-state index contributed by atoms with van der Waals surface area (Å²) in [7, 11) is 1.71. The number of hydrogen-bond donors (Lipinski definition) is 1. The minimum atomic E-state index is -0.290. The van der Waals surface area contributed by atoms with E-state index in [2.05, 4.69) is 57.5 Å². The Morgan fingerprint density at radius 2 is 1.34 bits per heavy atom. The van der Waals surface area contributed by atoms with Crippen molar-refractivity contribution in [3.05, 3.63) is 104 Å². The molecule has 0 heterocycles. The van der Waals surface area contributed by atoms with Crippen LogP contribution in [-0.2, 0) is 52.8 Å². The molecule has 1 aliphatic carbocycles. The molecule has 0 unspecified atom stereocenters. The van der Waals surface area contributed by atoms with Crippen molar-refractivity contribution in [2.45, 2.75) is 11.3 Å². The predicted molar refractivity (Wildman–Crippen MR) is 105 cm³/mol. The maximum absolute atomic E-state index is 10.2. The Kier molecular flexibility index (Phi) is 22.4. The summed E-state index contributed by atoms with van der Waals surface area (Å²) >= 11 is 7.32. The average Bonchev–Trinajstić information content (AvgIpc) is 3.60. The maximum atomic E-state index is 10.2. The number of ether oxygens (including phenoxy) is 1. The van der Waals surface area contributed by atoms with Gasteiger partial charge in [0, 0.05) is 0 Å². The normalized spacial score (nSPS) is 18.7. The Labute approximate surface area is 202 Å². The van der Waals surface area contributed by atoms with E-state index in [4.69, 9.17) is 39.6 Å². The third-order valence-electron chi connectivity index (χ3n) is 4.59. The molecule has 3 atom stereocenters. The monoisotopic (exact) mass is 624 g/mol. The summed E-state index contributed by atoms with van der Waals surface area (Å²) in [6.07, 6.45) is 0. The van der Waals surface area contributed by atoms with E-state index in [0.29, 0.717) is 0 Å². The zero-order chi connectivity index (χ0) is 25.7. The molecule has 0 bridgehead atoms. The van der Waals surface area contributed by atoms with Crippen LogP contribution in [0, 0.1) is 39.2 Å².